The number of rotatable bonds is 4. The Hall–Kier alpha value is -1.67. The minimum Gasteiger partial charge on any atom is -0.378 e. The van der Waals surface area contributed by atoms with E-state index in [0.29, 0.717) is 0 Å². The van der Waals surface area contributed by atoms with Gasteiger partial charge in [0.15, 0.2) is 5.85 Å². The molecule has 0 saturated carbocycles. The monoisotopic (exact) mass is 274 g/mol. The summed E-state index contributed by atoms with van der Waals surface area (Å²) >= 11 is 0. The maximum Gasteiger partial charge on any atom is 0.261 e. The Morgan fingerprint density at radius 1 is 0.947 bits per heavy atom. The van der Waals surface area contributed by atoms with Crippen molar-refractivity contribution >= 4 is 18.7 Å². The van der Waals surface area contributed by atoms with Crippen molar-refractivity contribution in [2.24, 2.45) is 0 Å². The Bertz CT molecular complexity index is 593. The van der Waals surface area contributed by atoms with E-state index in [2.05, 4.69) is 0 Å². The standard InChI is InChI=1S/C15H15O3P/c16-15(12-11-13-7-3-1-4-8-13)19(17,18)14-9-5-2-6-10-14/h1-12,15-16H,(H,17,18)/b12-11+. The Balaban J connectivity index is 2.18. The van der Waals surface area contributed by atoms with Crippen LogP contribution < -0.4 is 5.30 Å². The van der Waals surface area contributed by atoms with Gasteiger partial charge in [-0.25, -0.2) is 0 Å². The number of aliphatic hydroxyl groups excluding tert-OH is 1. The van der Waals surface area contributed by atoms with Gasteiger partial charge in [0, 0.05) is 5.30 Å². The van der Waals surface area contributed by atoms with Gasteiger partial charge in [0.25, 0.3) is 7.37 Å². The van der Waals surface area contributed by atoms with Crippen molar-refractivity contribution in [1.82, 2.24) is 0 Å². The molecule has 2 aromatic carbocycles. The molecule has 0 amide bonds. The van der Waals surface area contributed by atoms with Crippen LogP contribution in [0.2, 0.25) is 0 Å². The molecule has 98 valence electrons. The van der Waals surface area contributed by atoms with Crippen LogP contribution in [0.4, 0.5) is 0 Å². The first-order valence-corrected chi connectivity index (χ1v) is 7.63. The molecule has 0 aliphatic rings. The lowest BCUT2D eigenvalue weighted by molar-refractivity contribution is 0.277. The molecule has 0 aromatic heterocycles. The van der Waals surface area contributed by atoms with Crippen molar-refractivity contribution < 1.29 is 14.6 Å². The van der Waals surface area contributed by atoms with Crippen LogP contribution in [0, 0.1) is 0 Å². The lowest BCUT2D eigenvalue weighted by Gasteiger charge is -2.15. The van der Waals surface area contributed by atoms with Gasteiger partial charge in [-0.1, -0.05) is 54.6 Å². The van der Waals surface area contributed by atoms with E-state index in [1.54, 1.807) is 36.4 Å². The van der Waals surface area contributed by atoms with Gasteiger partial charge < -0.3 is 10.00 Å². The summed E-state index contributed by atoms with van der Waals surface area (Å²) in [5.41, 5.74) is 0.870. The molecule has 0 saturated heterocycles. The van der Waals surface area contributed by atoms with Crippen LogP contribution in [0.15, 0.2) is 66.7 Å². The molecular weight excluding hydrogens is 259 g/mol. The van der Waals surface area contributed by atoms with E-state index in [-0.39, 0.29) is 5.30 Å². The fraction of sp³-hybridized carbons (Fsp3) is 0.0667. The van der Waals surface area contributed by atoms with E-state index < -0.39 is 13.2 Å². The van der Waals surface area contributed by atoms with Crippen LogP contribution in [0.3, 0.4) is 0 Å². The second-order valence-electron chi connectivity index (χ2n) is 4.14. The van der Waals surface area contributed by atoms with Crippen molar-refractivity contribution in [3.63, 3.8) is 0 Å². The zero-order chi connectivity index (χ0) is 13.7. The molecule has 0 fully saturated rings. The minimum atomic E-state index is -3.80. The average molecular weight is 274 g/mol. The number of aliphatic hydroxyl groups is 1. The van der Waals surface area contributed by atoms with Crippen molar-refractivity contribution in [1.29, 1.82) is 0 Å². The SMILES string of the molecule is O=P(O)(c1ccccc1)C(O)/C=C/c1ccccc1. The second-order valence-corrected chi connectivity index (χ2v) is 6.43. The summed E-state index contributed by atoms with van der Waals surface area (Å²) in [6.07, 6.45) is 2.99. The van der Waals surface area contributed by atoms with Gasteiger partial charge in [0.05, 0.1) is 0 Å². The van der Waals surface area contributed by atoms with Gasteiger partial charge in [0.1, 0.15) is 0 Å². The molecule has 2 rings (SSSR count). The van der Waals surface area contributed by atoms with Crippen molar-refractivity contribution in [2.45, 2.75) is 5.85 Å². The van der Waals surface area contributed by atoms with Crippen LogP contribution in [0.5, 0.6) is 0 Å². The first-order chi connectivity index (χ1) is 9.10. The van der Waals surface area contributed by atoms with Crippen LogP contribution in [-0.2, 0) is 4.57 Å². The summed E-state index contributed by atoms with van der Waals surface area (Å²) in [5.74, 6) is -1.41. The molecule has 19 heavy (non-hydrogen) atoms. The highest BCUT2D eigenvalue weighted by Crippen LogP contribution is 2.44. The Kier molecular flexibility index (Phi) is 4.33. The van der Waals surface area contributed by atoms with Gasteiger partial charge in [-0.05, 0) is 23.8 Å². The molecule has 2 aromatic rings. The Labute approximate surface area is 112 Å². The molecule has 4 heteroatoms. The fourth-order valence-electron chi connectivity index (χ4n) is 1.67. The lowest BCUT2D eigenvalue weighted by atomic mass is 10.2. The molecule has 0 spiro atoms. The summed E-state index contributed by atoms with van der Waals surface area (Å²) in [7, 11) is -3.80. The quantitative estimate of drug-likeness (QED) is 0.843. The molecule has 0 aliphatic heterocycles. The van der Waals surface area contributed by atoms with E-state index in [1.807, 2.05) is 30.3 Å². The zero-order valence-corrected chi connectivity index (χ0v) is 11.1. The predicted molar refractivity (Wildman–Crippen MR) is 77.4 cm³/mol. The van der Waals surface area contributed by atoms with Crippen LogP contribution in [0.1, 0.15) is 5.56 Å². The van der Waals surface area contributed by atoms with Crippen LogP contribution in [0.25, 0.3) is 6.08 Å². The molecule has 2 unspecified atom stereocenters. The van der Waals surface area contributed by atoms with E-state index in [9.17, 15) is 14.6 Å². The van der Waals surface area contributed by atoms with Gasteiger partial charge in [-0.3, -0.25) is 4.57 Å². The van der Waals surface area contributed by atoms with Crippen molar-refractivity contribution in [3.8, 4) is 0 Å². The van der Waals surface area contributed by atoms with Gasteiger partial charge in [-0.15, -0.1) is 0 Å². The lowest BCUT2D eigenvalue weighted by Crippen LogP contribution is -2.14. The molecule has 2 atom stereocenters. The van der Waals surface area contributed by atoms with Crippen molar-refractivity contribution in [3.05, 3.63) is 72.3 Å². The van der Waals surface area contributed by atoms with Gasteiger partial charge in [0.2, 0.25) is 0 Å². The highest BCUT2D eigenvalue weighted by Gasteiger charge is 2.28. The average Bonchev–Trinajstić information content (AvgIpc) is 2.46. The third-order valence-corrected chi connectivity index (χ3v) is 4.67. The van der Waals surface area contributed by atoms with E-state index in [4.69, 9.17) is 0 Å². The maximum absolute atomic E-state index is 12.2. The third-order valence-electron chi connectivity index (χ3n) is 2.75. The minimum absolute atomic E-state index is 0.250. The Morgan fingerprint density at radius 2 is 1.47 bits per heavy atom. The number of benzene rings is 2. The fourth-order valence-corrected chi connectivity index (χ4v) is 2.90. The highest BCUT2D eigenvalue weighted by molar-refractivity contribution is 7.66. The summed E-state index contributed by atoms with van der Waals surface area (Å²) in [6.45, 7) is 0. The molecule has 3 nitrogen and oxygen atoms in total. The highest BCUT2D eigenvalue weighted by atomic mass is 31.2. The second kappa shape index (κ2) is 5.98. The molecule has 0 heterocycles. The molecule has 0 bridgehead atoms. The number of hydrogen-bond donors (Lipinski definition) is 2. The van der Waals surface area contributed by atoms with Crippen molar-refractivity contribution in [2.75, 3.05) is 0 Å². The normalized spacial score (nSPS) is 16.1. The maximum atomic E-state index is 12.2. The molecule has 2 N–H and O–H groups in total. The largest absolute Gasteiger partial charge is 0.378 e. The van der Waals surface area contributed by atoms with Gasteiger partial charge in [-0.2, -0.15) is 0 Å². The molecular formula is C15H15O3P. The predicted octanol–water partition coefficient (Wildman–Crippen LogP) is 2.61. The summed E-state index contributed by atoms with van der Waals surface area (Å²) in [4.78, 5) is 9.99. The Morgan fingerprint density at radius 3 is 2.05 bits per heavy atom. The zero-order valence-electron chi connectivity index (χ0n) is 10.3. The molecule has 0 radical (unpaired) electrons. The van der Waals surface area contributed by atoms with E-state index in [0.717, 1.165) is 5.56 Å². The van der Waals surface area contributed by atoms with Crippen LogP contribution >= 0.6 is 7.37 Å². The first kappa shape index (κ1) is 13.8. The summed E-state index contributed by atoms with van der Waals surface area (Å²) in [5, 5.41) is 10.1. The number of hydrogen-bond acceptors (Lipinski definition) is 2. The van der Waals surface area contributed by atoms with Gasteiger partial charge >= 0.3 is 0 Å². The summed E-state index contributed by atoms with van der Waals surface area (Å²) < 4.78 is 12.2. The van der Waals surface area contributed by atoms with E-state index >= 15 is 0 Å². The first-order valence-electron chi connectivity index (χ1n) is 5.90. The van der Waals surface area contributed by atoms with Crippen LogP contribution in [-0.4, -0.2) is 15.8 Å². The van der Waals surface area contributed by atoms with E-state index in [1.165, 1.54) is 6.08 Å². The third kappa shape index (κ3) is 3.42. The smallest absolute Gasteiger partial charge is 0.261 e. The summed E-state index contributed by atoms with van der Waals surface area (Å²) in [6, 6.07) is 17.5. The molecule has 0 aliphatic carbocycles. The topological polar surface area (TPSA) is 57.5 Å².